The van der Waals surface area contributed by atoms with Crippen molar-refractivity contribution >= 4 is 14.5 Å². The molecule has 0 heterocycles. The lowest BCUT2D eigenvalue weighted by molar-refractivity contribution is 1.47. The van der Waals surface area contributed by atoms with Gasteiger partial charge >= 0.3 is 0 Å². The van der Waals surface area contributed by atoms with E-state index in [1.54, 1.807) is 0 Å². The van der Waals surface area contributed by atoms with Crippen molar-refractivity contribution in [3.05, 3.63) is 54.1 Å². The summed E-state index contributed by atoms with van der Waals surface area (Å²) in [5, 5.41) is 1.22. The molecule has 0 N–H and O–H groups in total. The van der Waals surface area contributed by atoms with Crippen LogP contribution in [0, 0.1) is 6.92 Å². The lowest BCUT2D eigenvalue weighted by atomic mass is 10.0. The molecule has 0 fully saturated rings. The van der Waals surface area contributed by atoms with Gasteiger partial charge < -0.3 is 0 Å². The van der Waals surface area contributed by atoms with Crippen LogP contribution in [0.15, 0.2) is 48.5 Å². The molecule has 0 spiro atoms. The van der Waals surface area contributed by atoms with E-state index in [0.717, 1.165) is 0 Å². The van der Waals surface area contributed by atoms with Crippen molar-refractivity contribution in [1.82, 2.24) is 0 Å². The molecule has 2 aromatic rings. The number of hydrogen-bond acceptors (Lipinski definition) is 0. The Bertz CT molecular complexity index is 369. The zero-order chi connectivity index (χ0) is 12.0. The first-order valence-electron chi connectivity index (χ1n) is 5.68. The number of benzene rings is 2. The Kier molecular flexibility index (Phi) is 5.22. The summed E-state index contributed by atoms with van der Waals surface area (Å²) in [4.78, 5) is 0. The molecular formula is C15H19P. The third-order valence-electron chi connectivity index (χ3n) is 2.30. The highest BCUT2D eigenvalue weighted by atomic mass is 31.0. The summed E-state index contributed by atoms with van der Waals surface area (Å²) in [6, 6.07) is 17.1. The highest BCUT2D eigenvalue weighted by Gasteiger charge is 1.95. The average molecular weight is 230 g/mol. The Balaban J connectivity index is 0.000000606. The SMILES string of the molecule is CC.Cc1ccc(-c2ccc(P)cc2)cc1. The van der Waals surface area contributed by atoms with Crippen LogP contribution in [-0.2, 0) is 0 Å². The van der Waals surface area contributed by atoms with E-state index in [2.05, 4.69) is 64.7 Å². The maximum atomic E-state index is 2.70. The first-order valence-corrected chi connectivity index (χ1v) is 6.26. The minimum absolute atomic E-state index is 1.22. The van der Waals surface area contributed by atoms with Crippen molar-refractivity contribution in [1.29, 1.82) is 0 Å². The van der Waals surface area contributed by atoms with Crippen LogP contribution in [0.1, 0.15) is 19.4 Å². The lowest BCUT2D eigenvalue weighted by Gasteiger charge is -2.02. The molecule has 0 amide bonds. The lowest BCUT2D eigenvalue weighted by Crippen LogP contribution is -1.87. The molecule has 0 nitrogen and oxygen atoms in total. The van der Waals surface area contributed by atoms with E-state index < -0.39 is 0 Å². The van der Waals surface area contributed by atoms with Gasteiger partial charge in [-0.3, -0.25) is 0 Å². The maximum Gasteiger partial charge on any atom is -0.0184 e. The molecule has 1 atom stereocenters. The summed E-state index contributed by atoms with van der Waals surface area (Å²) >= 11 is 0. The van der Waals surface area contributed by atoms with Gasteiger partial charge in [0, 0.05) is 0 Å². The molecule has 0 saturated carbocycles. The number of rotatable bonds is 1. The first-order chi connectivity index (χ1) is 7.75. The Hall–Kier alpha value is -1.13. The van der Waals surface area contributed by atoms with Crippen molar-refractivity contribution in [3.8, 4) is 11.1 Å². The van der Waals surface area contributed by atoms with E-state index in [1.165, 1.54) is 22.0 Å². The van der Waals surface area contributed by atoms with E-state index in [-0.39, 0.29) is 0 Å². The summed E-state index contributed by atoms with van der Waals surface area (Å²) in [6.07, 6.45) is 0. The van der Waals surface area contributed by atoms with Crippen LogP contribution < -0.4 is 5.30 Å². The van der Waals surface area contributed by atoms with Crippen LogP contribution in [0.2, 0.25) is 0 Å². The van der Waals surface area contributed by atoms with Gasteiger partial charge in [0.2, 0.25) is 0 Å². The van der Waals surface area contributed by atoms with E-state index in [0.29, 0.717) is 0 Å². The van der Waals surface area contributed by atoms with Crippen molar-refractivity contribution in [3.63, 3.8) is 0 Å². The fraction of sp³-hybridized carbons (Fsp3) is 0.200. The maximum absolute atomic E-state index is 2.70. The largest absolute Gasteiger partial charge is 0.106 e. The Morgan fingerprint density at radius 2 is 1.06 bits per heavy atom. The van der Waals surface area contributed by atoms with Gasteiger partial charge in [-0.2, -0.15) is 0 Å². The second-order valence-electron chi connectivity index (χ2n) is 3.49. The van der Waals surface area contributed by atoms with Gasteiger partial charge in [0.05, 0.1) is 0 Å². The fourth-order valence-electron chi connectivity index (χ4n) is 1.42. The van der Waals surface area contributed by atoms with E-state index in [9.17, 15) is 0 Å². The van der Waals surface area contributed by atoms with Gasteiger partial charge in [-0.1, -0.05) is 67.9 Å². The van der Waals surface area contributed by atoms with Crippen LogP contribution >= 0.6 is 9.24 Å². The molecule has 1 unspecified atom stereocenters. The van der Waals surface area contributed by atoms with Crippen molar-refractivity contribution < 1.29 is 0 Å². The second kappa shape index (κ2) is 6.45. The molecule has 2 aromatic carbocycles. The zero-order valence-electron chi connectivity index (χ0n) is 10.2. The molecule has 0 aromatic heterocycles. The monoisotopic (exact) mass is 230 g/mol. The molecule has 1 heteroatoms. The van der Waals surface area contributed by atoms with E-state index in [4.69, 9.17) is 0 Å². The molecule has 16 heavy (non-hydrogen) atoms. The molecule has 84 valence electrons. The summed E-state index contributed by atoms with van der Waals surface area (Å²) in [5.41, 5.74) is 3.85. The average Bonchev–Trinajstić information content (AvgIpc) is 2.34. The van der Waals surface area contributed by atoms with Crippen molar-refractivity contribution in [2.24, 2.45) is 0 Å². The zero-order valence-corrected chi connectivity index (χ0v) is 11.4. The van der Waals surface area contributed by atoms with Gasteiger partial charge in [0.25, 0.3) is 0 Å². The van der Waals surface area contributed by atoms with E-state index in [1.807, 2.05) is 13.8 Å². The van der Waals surface area contributed by atoms with E-state index >= 15 is 0 Å². The predicted molar refractivity (Wildman–Crippen MR) is 77.3 cm³/mol. The summed E-state index contributed by atoms with van der Waals surface area (Å²) in [6.45, 7) is 6.11. The second-order valence-corrected chi connectivity index (χ2v) is 4.15. The normalized spacial score (nSPS) is 9.25. The minimum Gasteiger partial charge on any atom is -0.106 e. The smallest absolute Gasteiger partial charge is 0.0184 e. The van der Waals surface area contributed by atoms with Gasteiger partial charge in [0.1, 0.15) is 0 Å². The van der Waals surface area contributed by atoms with Crippen LogP contribution in [-0.4, -0.2) is 0 Å². The van der Waals surface area contributed by atoms with Gasteiger partial charge in [0.15, 0.2) is 0 Å². The van der Waals surface area contributed by atoms with Gasteiger partial charge in [-0.15, -0.1) is 9.24 Å². The van der Waals surface area contributed by atoms with Crippen molar-refractivity contribution in [2.75, 3.05) is 0 Å². The molecule has 0 radical (unpaired) electrons. The quantitative estimate of drug-likeness (QED) is 0.644. The molecule has 0 aliphatic heterocycles. The molecule has 2 rings (SSSR count). The third kappa shape index (κ3) is 3.47. The summed E-state index contributed by atoms with van der Waals surface area (Å²) < 4.78 is 0. The molecule has 0 aliphatic carbocycles. The minimum atomic E-state index is 1.22. The summed E-state index contributed by atoms with van der Waals surface area (Å²) in [5.74, 6) is 0. The van der Waals surface area contributed by atoms with Crippen molar-refractivity contribution in [2.45, 2.75) is 20.8 Å². The Labute approximate surface area is 101 Å². The Morgan fingerprint density at radius 3 is 1.50 bits per heavy atom. The van der Waals surface area contributed by atoms with Gasteiger partial charge in [-0.25, -0.2) is 0 Å². The third-order valence-corrected chi connectivity index (χ3v) is 2.68. The highest BCUT2D eigenvalue weighted by Crippen LogP contribution is 2.18. The number of hydrogen-bond donors (Lipinski definition) is 0. The highest BCUT2D eigenvalue weighted by molar-refractivity contribution is 7.27. The predicted octanol–water partition coefficient (Wildman–Crippen LogP) is 4.19. The van der Waals surface area contributed by atoms with Crippen LogP contribution in [0.3, 0.4) is 0 Å². The summed E-state index contributed by atoms with van der Waals surface area (Å²) in [7, 11) is 2.70. The molecule has 0 saturated heterocycles. The molecule has 0 bridgehead atoms. The topological polar surface area (TPSA) is 0 Å². The molecular weight excluding hydrogens is 211 g/mol. The number of aryl methyl sites for hydroxylation is 1. The fourth-order valence-corrected chi connectivity index (χ4v) is 1.61. The van der Waals surface area contributed by atoms with Crippen LogP contribution in [0.4, 0.5) is 0 Å². The van der Waals surface area contributed by atoms with Gasteiger partial charge in [-0.05, 0) is 23.4 Å². The first kappa shape index (κ1) is 12.9. The van der Waals surface area contributed by atoms with Crippen LogP contribution in [0.5, 0.6) is 0 Å². The standard InChI is InChI=1S/C13H13P.C2H6/c1-10-2-4-11(5-3-10)12-6-8-13(14)9-7-12;1-2/h2-9H,14H2,1H3;1-2H3. The molecule has 0 aliphatic rings. The Morgan fingerprint density at radius 1 is 0.688 bits per heavy atom. The van der Waals surface area contributed by atoms with Crippen LogP contribution in [0.25, 0.3) is 11.1 Å².